The lowest BCUT2D eigenvalue weighted by atomic mass is 10.2. The standard InChI is InChI=1S/C23H18FN3O5S2/c1-2-27-18-11-19-20(32-13-31-19)12-21(18)33-23(27)25-22(28)14-3-7-16(8-4-14)26-34(29,30)17-9-5-15(24)6-10-17/h3-12,26H,2,13H2,1H3. The molecule has 0 fully saturated rings. The quantitative estimate of drug-likeness (QED) is 0.445. The number of halogens is 1. The van der Waals surface area contributed by atoms with Gasteiger partial charge in [-0.2, -0.15) is 4.99 Å². The van der Waals surface area contributed by atoms with Crippen LogP contribution in [0.3, 0.4) is 0 Å². The third kappa shape index (κ3) is 4.15. The third-order valence-electron chi connectivity index (χ3n) is 5.20. The molecule has 174 valence electrons. The highest BCUT2D eigenvalue weighted by Gasteiger charge is 2.18. The van der Waals surface area contributed by atoms with Gasteiger partial charge < -0.3 is 14.0 Å². The summed E-state index contributed by atoms with van der Waals surface area (Å²) in [6, 6.07) is 14.2. The van der Waals surface area contributed by atoms with Crippen molar-refractivity contribution >= 4 is 43.2 Å². The average molecular weight is 500 g/mol. The van der Waals surface area contributed by atoms with Crippen molar-refractivity contribution in [2.45, 2.75) is 18.4 Å². The number of carbonyl (C=O) groups excluding carboxylic acids is 1. The molecule has 3 aromatic carbocycles. The molecule has 1 aliphatic heterocycles. The van der Waals surface area contributed by atoms with E-state index >= 15 is 0 Å². The molecule has 0 saturated carbocycles. The van der Waals surface area contributed by atoms with Crippen molar-refractivity contribution < 1.29 is 27.1 Å². The number of aromatic nitrogens is 1. The van der Waals surface area contributed by atoms with E-state index in [1.807, 2.05) is 23.6 Å². The third-order valence-corrected chi connectivity index (χ3v) is 7.64. The molecule has 4 aromatic rings. The number of hydrogen-bond donors (Lipinski definition) is 1. The Hall–Kier alpha value is -3.70. The summed E-state index contributed by atoms with van der Waals surface area (Å²) < 4.78 is 54.1. The predicted molar refractivity (Wildman–Crippen MR) is 125 cm³/mol. The molecule has 0 atom stereocenters. The van der Waals surface area contributed by atoms with Crippen molar-refractivity contribution in [3.63, 3.8) is 0 Å². The highest BCUT2D eigenvalue weighted by atomic mass is 32.2. The number of anilines is 1. The summed E-state index contributed by atoms with van der Waals surface area (Å²) >= 11 is 1.37. The number of ether oxygens (including phenoxy) is 2. The normalized spacial score (nSPS) is 13.4. The van der Waals surface area contributed by atoms with E-state index in [1.165, 1.54) is 47.7 Å². The van der Waals surface area contributed by atoms with Crippen molar-refractivity contribution in [3.05, 3.63) is 76.8 Å². The molecule has 0 aliphatic carbocycles. The van der Waals surface area contributed by atoms with Crippen LogP contribution in [0.25, 0.3) is 10.2 Å². The van der Waals surface area contributed by atoms with Crippen LogP contribution in [0.15, 0.2) is 70.6 Å². The van der Waals surface area contributed by atoms with Gasteiger partial charge >= 0.3 is 0 Å². The van der Waals surface area contributed by atoms with Crippen LogP contribution in [-0.2, 0) is 16.6 Å². The number of amides is 1. The number of aryl methyl sites for hydroxylation is 1. The predicted octanol–water partition coefficient (Wildman–Crippen LogP) is 4.13. The van der Waals surface area contributed by atoms with Gasteiger partial charge in [-0.15, -0.1) is 0 Å². The molecule has 0 unspecified atom stereocenters. The average Bonchev–Trinajstić information content (AvgIpc) is 3.40. The fourth-order valence-electron chi connectivity index (χ4n) is 3.51. The van der Waals surface area contributed by atoms with E-state index < -0.39 is 21.7 Å². The van der Waals surface area contributed by atoms with Crippen LogP contribution < -0.4 is 19.0 Å². The maximum absolute atomic E-state index is 13.1. The first-order chi connectivity index (χ1) is 16.3. The fourth-order valence-corrected chi connectivity index (χ4v) is 5.67. The Morgan fingerprint density at radius 3 is 2.44 bits per heavy atom. The maximum atomic E-state index is 13.1. The zero-order valence-electron chi connectivity index (χ0n) is 17.8. The minimum atomic E-state index is -3.89. The second kappa shape index (κ2) is 8.58. The molecule has 1 N–H and O–H groups in total. The number of hydrogen-bond acceptors (Lipinski definition) is 6. The molecule has 0 saturated heterocycles. The monoisotopic (exact) mass is 499 g/mol. The van der Waals surface area contributed by atoms with E-state index in [1.54, 1.807) is 0 Å². The molecule has 0 spiro atoms. The summed E-state index contributed by atoms with van der Waals surface area (Å²) in [7, 11) is -3.89. The van der Waals surface area contributed by atoms with Gasteiger partial charge in [-0.1, -0.05) is 11.3 Å². The van der Waals surface area contributed by atoms with Crippen molar-refractivity contribution in [2.24, 2.45) is 4.99 Å². The van der Waals surface area contributed by atoms with Crippen LogP contribution in [0.2, 0.25) is 0 Å². The van der Waals surface area contributed by atoms with E-state index in [4.69, 9.17) is 9.47 Å². The van der Waals surface area contributed by atoms with Crippen LogP contribution in [0.4, 0.5) is 10.1 Å². The first-order valence-corrected chi connectivity index (χ1v) is 12.5. The number of nitrogens with zero attached hydrogens (tertiary/aromatic N) is 2. The topological polar surface area (TPSA) is 99.0 Å². The van der Waals surface area contributed by atoms with E-state index in [-0.39, 0.29) is 17.4 Å². The van der Waals surface area contributed by atoms with Gasteiger partial charge in [-0.05, 0) is 55.5 Å². The second-order valence-electron chi connectivity index (χ2n) is 7.36. The number of fused-ring (bicyclic) bond motifs is 2. The van der Waals surface area contributed by atoms with Gasteiger partial charge in [0.15, 0.2) is 16.3 Å². The molecular weight excluding hydrogens is 481 g/mol. The molecule has 1 aliphatic rings. The fraction of sp³-hybridized carbons (Fsp3) is 0.130. The smallest absolute Gasteiger partial charge is 0.279 e. The highest BCUT2D eigenvalue weighted by molar-refractivity contribution is 7.92. The zero-order valence-corrected chi connectivity index (χ0v) is 19.5. The molecule has 11 heteroatoms. The molecule has 34 heavy (non-hydrogen) atoms. The van der Waals surface area contributed by atoms with Crippen molar-refractivity contribution in [1.82, 2.24) is 4.57 Å². The van der Waals surface area contributed by atoms with Gasteiger partial charge in [0.2, 0.25) is 6.79 Å². The van der Waals surface area contributed by atoms with Crippen molar-refractivity contribution in [1.29, 1.82) is 0 Å². The number of thiazole rings is 1. The lowest BCUT2D eigenvalue weighted by Crippen LogP contribution is -2.16. The van der Waals surface area contributed by atoms with Crippen molar-refractivity contribution in [2.75, 3.05) is 11.5 Å². The molecule has 2 heterocycles. The lowest BCUT2D eigenvalue weighted by molar-refractivity contribution is 0.0998. The van der Waals surface area contributed by atoms with E-state index in [9.17, 15) is 17.6 Å². The van der Waals surface area contributed by atoms with E-state index in [2.05, 4.69) is 9.71 Å². The van der Waals surface area contributed by atoms with E-state index in [0.29, 0.717) is 28.4 Å². The van der Waals surface area contributed by atoms with Gasteiger partial charge in [0, 0.05) is 29.9 Å². The van der Waals surface area contributed by atoms with Gasteiger partial charge in [-0.25, -0.2) is 12.8 Å². The Balaban J connectivity index is 1.40. The Labute approximate surface area is 198 Å². The molecule has 1 aromatic heterocycles. The summed E-state index contributed by atoms with van der Waals surface area (Å²) in [6.45, 7) is 2.75. The highest BCUT2D eigenvalue weighted by Crippen LogP contribution is 2.37. The summed E-state index contributed by atoms with van der Waals surface area (Å²) in [6.07, 6.45) is 0. The summed E-state index contributed by atoms with van der Waals surface area (Å²) in [5, 5.41) is 0. The minimum absolute atomic E-state index is 0.0697. The summed E-state index contributed by atoms with van der Waals surface area (Å²) in [5.41, 5.74) is 1.47. The Bertz CT molecular complexity index is 1570. The molecule has 1 amide bonds. The summed E-state index contributed by atoms with van der Waals surface area (Å²) in [5.74, 6) is 0.332. The molecular formula is C23H18FN3O5S2. The molecule has 8 nitrogen and oxygen atoms in total. The second-order valence-corrected chi connectivity index (χ2v) is 10.0. The first kappa shape index (κ1) is 22.1. The Morgan fingerprint density at radius 2 is 1.76 bits per heavy atom. The van der Waals surface area contributed by atoms with Crippen LogP contribution >= 0.6 is 11.3 Å². The number of rotatable bonds is 5. The SMILES string of the molecule is CCn1c(=NC(=O)c2ccc(NS(=O)(=O)c3ccc(F)cc3)cc2)sc2cc3c(cc21)OCO3. The van der Waals surface area contributed by atoms with Gasteiger partial charge in [0.05, 0.1) is 15.1 Å². The Kier molecular flexibility index (Phi) is 5.58. The molecule has 0 radical (unpaired) electrons. The number of benzene rings is 3. The van der Waals surface area contributed by atoms with Crippen molar-refractivity contribution in [3.8, 4) is 11.5 Å². The van der Waals surface area contributed by atoms with Crippen LogP contribution in [-0.4, -0.2) is 25.7 Å². The first-order valence-electron chi connectivity index (χ1n) is 10.2. The van der Waals surface area contributed by atoms with Crippen LogP contribution in [0.5, 0.6) is 11.5 Å². The lowest BCUT2D eigenvalue weighted by Gasteiger charge is -2.08. The van der Waals surface area contributed by atoms with E-state index in [0.717, 1.165) is 22.3 Å². The molecule has 5 rings (SSSR count). The van der Waals surface area contributed by atoms with Gasteiger partial charge in [0.1, 0.15) is 5.82 Å². The zero-order chi connectivity index (χ0) is 23.9. The van der Waals surface area contributed by atoms with Crippen LogP contribution in [0.1, 0.15) is 17.3 Å². The molecule has 0 bridgehead atoms. The van der Waals surface area contributed by atoms with Crippen LogP contribution in [0, 0.1) is 5.82 Å². The maximum Gasteiger partial charge on any atom is 0.279 e. The largest absolute Gasteiger partial charge is 0.454 e. The number of sulfonamides is 1. The number of carbonyl (C=O) groups is 1. The summed E-state index contributed by atoms with van der Waals surface area (Å²) in [4.78, 5) is 17.6. The minimum Gasteiger partial charge on any atom is -0.454 e. The van der Waals surface area contributed by atoms with Gasteiger partial charge in [0.25, 0.3) is 15.9 Å². The Morgan fingerprint density at radius 1 is 1.09 bits per heavy atom. The number of nitrogens with one attached hydrogen (secondary N) is 1. The van der Waals surface area contributed by atoms with Gasteiger partial charge in [-0.3, -0.25) is 9.52 Å².